The summed E-state index contributed by atoms with van der Waals surface area (Å²) in [7, 11) is 1.97. The van der Waals surface area contributed by atoms with Gasteiger partial charge in [0.2, 0.25) is 0 Å². The lowest BCUT2D eigenvalue weighted by Gasteiger charge is -2.34. The van der Waals surface area contributed by atoms with Crippen molar-refractivity contribution in [3.8, 4) is 11.4 Å². The number of likely N-dealkylation sites (N-methyl/N-ethyl adjacent to an activating group) is 1. The number of benzene rings is 1. The van der Waals surface area contributed by atoms with Crippen LogP contribution in [0.5, 0.6) is 0 Å². The minimum absolute atomic E-state index is 0. The predicted molar refractivity (Wildman–Crippen MR) is 124 cm³/mol. The number of halogens is 2. The summed E-state index contributed by atoms with van der Waals surface area (Å²) in [5.74, 6) is 1.17. The van der Waals surface area contributed by atoms with Crippen LogP contribution >= 0.6 is 24.8 Å². The Morgan fingerprint density at radius 3 is 2.60 bits per heavy atom. The lowest BCUT2D eigenvalue weighted by atomic mass is 10.0. The molecule has 0 radical (unpaired) electrons. The number of anilines is 3. The number of nitrogens with two attached hydrogens (primary N) is 2. The molecule has 1 atom stereocenters. The normalized spacial score (nSPS) is 17.6. The molecular weight excluding hydrogens is 429 g/mol. The van der Waals surface area contributed by atoms with E-state index in [1.807, 2.05) is 7.05 Å². The average Bonchev–Trinajstić information content (AvgIpc) is 3.17. The number of nitrogen functional groups attached to an aromatic ring is 2. The van der Waals surface area contributed by atoms with Crippen LogP contribution in [0.4, 0.5) is 22.9 Å². The molecule has 1 aliphatic carbocycles. The molecule has 1 saturated heterocycles. The van der Waals surface area contributed by atoms with Gasteiger partial charge in [-0.2, -0.15) is 0 Å². The van der Waals surface area contributed by atoms with Crippen molar-refractivity contribution >= 4 is 47.7 Å². The van der Waals surface area contributed by atoms with Crippen molar-refractivity contribution in [2.24, 2.45) is 0 Å². The fourth-order valence-corrected chi connectivity index (χ4v) is 4.25. The Kier molecular flexibility index (Phi) is 7.68. The van der Waals surface area contributed by atoms with Gasteiger partial charge < -0.3 is 21.7 Å². The third kappa shape index (κ3) is 4.23. The smallest absolute Gasteiger partial charge is 0.305 e. The number of aryl methyl sites for hydroxylation is 1. The first kappa shape index (κ1) is 23.9. The molecule has 2 aromatic rings. The monoisotopic (exact) mass is 455 g/mol. The second kappa shape index (κ2) is 9.63. The second-order valence-electron chi connectivity index (χ2n) is 7.45. The number of nitrogens with one attached hydrogen (secondary N) is 1. The van der Waals surface area contributed by atoms with Gasteiger partial charge in [0.05, 0.1) is 4.92 Å². The highest BCUT2D eigenvalue weighted by atomic mass is 35.5. The minimum atomic E-state index is -0.505. The minimum Gasteiger partial charge on any atom is -0.398 e. The van der Waals surface area contributed by atoms with Crippen molar-refractivity contribution in [1.29, 1.82) is 0 Å². The zero-order valence-corrected chi connectivity index (χ0v) is 18.4. The van der Waals surface area contributed by atoms with E-state index in [1.54, 1.807) is 6.07 Å². The summed E-state index contributed by atoms with van der Waals surface area (Å²) >= 11 is 0. The van der Waals surface area contributed by atoms with Crippen LogP contribution in [0.2, 0.25) is 0 Å². The second-order valence-corrected chi connectivity index (χ2v) is 7.45. The van der Waals surface area contributed by atoms with Gasteiger partial charge in [0.1, 0.15) is 17.1 Å². The number of hydrogen-bond donors (Lipinski definition) is 3. The Morgan fingerprint density at radius 2 is 1.90 bits per heavy atom. The molecule has 1 unspecified atom stereocenters. The highest BCUT2D eigenvalue weighted by Gasteiger charge is 2.30. The maximum absolute atomic E-state index is 11.7. The first-order valence-corrected chi connectivity index (χ1v) is 9.64. The molecule has 30 heavy (non-hydrogen) atoms. The van der Waals surface area contributed by atoms with Crippen LogP contribution in [0.3, 0.4) is 0 Å². The van der Waals surface area contributed by atoms with E-state index in [1.165, 1.54) is 6.07 Å². The number of piperidine rings is 1. The number of nitrogens with zero attached hydrogens (tertiary/aromatic N) is 4. The Morgan fingerprint density at radius 1 is 1.17 bits per heavy atom. The van der Waals surface area contributed by atoms with E-state index in [4.69, 9.17) is 16.5 Å². The van der Waals surface area contributed by atoms with E-state index in [0.29, 0.717) is 11.9 Å². The summed E-state index contributed by atoms with van der Waals surface area (Å²) < 4.78 is 0. The van der Waals surface area contributed by atoms with Gasteiger partial charge in [-0.1, -0.05) is 0 Å². The molecule has 5 N–H and O–H groups in total. The molecule has 0 saturated carbocycles. The fraction of sp³-hybridized carbons (Fsp3) is 0.474. The van der Waals surface area contributed by atoms with Crippen LogP contribution in [0, 0.1) is 10.1 Å². The Hall–Kier alpha value is -2.36. The van der Waals surface area contributed by atoms with Gasteiger partial charge in [0, 0.05) is 36.1 Å². The number of rotatable bonds is 4. The first-order chi connectivity index (χ1) is 13.5. The highest BCUT2D eigenvalue weighted by Crippen LogP contribution is 2.40. The van der Waals surface area contributed by atoms with Crippen LogP contribution in [0.1, 0.15) is 30.5 Å². The van der Waals surface area contributed by atoms with Crippen LogP contribution in [0.15, 0.2) is 12.1 Å². The molecule has 1 fully saturated rings. The molecule has 1 aliphatic heterocycles. The summed E-state index contributed by atoms with van der Waals surface area (Å²) in [6, 6.07) is 3.43. The van der Waals surface area contributed by atoms with E-state index < -0.39 is 4.92 Å². The van der Waals surface area contributed by atoms with Gasteiger partial charge in [-0.25, -0.2) is 9.97 Å². The number of nitro benzene ring substituents is 1. The first-order valence-electron chi connectivity index (χ1n) is 9.64. The van der Waals surface area contributed by atoms with E-state index in [-0.39, 0.29) is 47.4 Å². The van der Waals surface area contributed by atoms with Gasteiger partial charge in [0.15, 0.2) is 5.82 Å². The van der Waals surface area contributed by atoms with Crippen molar-refractivity contribution in [3.05, 3.63) is 33.5 Å². The summed E-state index contributed by atoms with van der Waals surface area (Å²) in [5.41, 5.74) is 14.4. The Balaban J connectivity index is 0.00000160. The van der Waals surface area contributed by atoms with Crippen molar-refractivity contribution in [1.82, 2.24) is 15.3 Å². The zero-order valence-electron chi connectivity index (χ0n) is 16.8. The van der Waals surface area contributed by atoms with Crippen LogP contribution < -0.4 is 21.7 Å². The van der Waals surface area contributed by atoms with E-state index in [0.717, 1.165) is 62.3 Å². The molecule has 2 heterocycles. The summed E-state index contributed by atoms with van der Waals surface area (Å²) in [6.45, 7) is 1.77. The predicted octanol–water partition coefficient (Wildman–Crippen LogP) is 2.74. The van der Waals surface area contributed by atoms with Crippen LogP contribution in [-0.4, -0.2) is 41.1 Å². The molecule has 2 aliphatic rings. The zero-order chi connectivity index (χ0) is 19.8. The van der Waals surface area contributed by atoms with Gasteiger partial charge in [0.25, 0.3) is 0 Å². The van der Waals surface area contributed by atoms with Gasteiger partial charge in [-0.3, -0.25) is 10.1 Å². The van der Waals surface area contributed by atoms with E-state index in [2.05, 4.69) is 15.2 Å². The Bertz CT molecular complexity index is 942. The van der Waals surface area contributed by atoms with Crippen LogP contribution in [-0.2, 0) is 12.8 Å². The van der Waals surface area contributed by atoms with Crippen LogP contribution in [0.25, 0.3) is 11.4 Å². The standard InChI is InChI=1S/C19H25N7O2.2ClH/c1-22-11-4-3-9-25(10-11)19-12-5-2-6-15(12)23-18(24-19)16-13(20)7-8-14(21)17(16)26(27)28;;/h7-8,11,22H,2-6,9-10,20-21H2,1H3;2*1H. The third-order valence-electron chi connectivity index (χ3n) is 5.69. The van der Waals surface area contributed by atoms with Crippen molar-refractivity contribution in [2.45, 2.75) is 38.1 Å². The van der Waals surface area contributed by atoms with Crippen molar-refractivity contribution in [2.75, 3.05) is 36.5 Å². The maximum atomic E-state index is 11.7. The summed E-state index contributed by atoms with van der Waals surface area (Å²) in [6.07, 6.45) is 4.98. The molecule has 4 rings (SSSR count). The number of fused-ring (bicyclic) bond motifs is 1. The lowest BCUT2D eigenvalue weighted by molar-refractivity contribution is -0.383. The summed E-state index contributed by atoms with van der Waals surface area (Å²) in [5, 5.41) is 15.0. The number of hydrogen-bond acceptors (Lipinski definition) is 8. The van der Waals surface area contributed by atoms with E-state index >= 15 is 0 Å². The van der Waals surface area contributed by atoms with Crippen molar-refractivity contribution in [3.63, 3.8) is 0 Å². The van der Waals surface area contributed by atoms with Gasteiger partial charge in [-0.15, -0.1) is 24.8 Å². The lowest BCUT2D eigenvalue weighted by Crippen LogP contribution is -2.45. The molecule has 1 aromatic carbocycles. The third-order valence-corrected chi connectivity index (χ3v) is 5.69. The fourth-order valence-electron chi connectivity index (χ4n) is 4.25. The molecule has 0 spiro atoms. The van der Waals surface area contributed by atoms with E-state index in [9.17, 15) is 10.1 Å². The molecule has 164 valence electrons. The molecular formula is C19H27Cl2N7O2. The highest BCUT2D eigenvalue weighted by molar-refractivity contribution is 5.87. The molecule has 0 amide bonds. The number of aromatic nitrogens is 2. The van der Waals surface area contributed by atoms with Gasteiger partial charge >= 0.3 is 5.69 Å². The maximum Gasteiger partial charge on any atom is 0.305 e. The largest absolute Gasteiger partial charge is 0.398 e. The summed E-state index contributed by atoms with van der Waals surface area (Å²) in [4.78, 5) is 22.9. The molecule has 9 nitrogen and oxygen atoms in total. The average molecular weight is 456 g/mol. The number of nitro groups is 1. The quantitative estimate of drug-likeness (QED) is 0.363. The van der Waals surface area contributed by atoms with Crippen molar-refractivity contribution < 1.29 is 4.92 Å². The topological polar surface area (TPSA) is 136 Å². The Labute approximate surface area is 187 Å². The molecule has 0 bridgehead atoms. The molecule has 11 heteroatoms. The SMILES string of the molecule is CNC1CCCN(c2nc(-c3c(N)ccc(N)c3[N+](=O)[O-])nc3c2CCC3)C1.Cl.Cl. The molecule has 1 aromatic heterocycles. The van der Waals surface area contributed by atoms with Gasteiger partial charge in [-0.05, 0) is 51.3 Å².